The summed E-state index contributed by atoms with van der Waals surface area (Å²) in [6, 6.07) is 0. The molecule has 100 valence electrons. The third-order valence-electron chi connectivity index (χ3n) is 1.83. The van der Waals surface area contributed by atoms with Crippen molar-refractivity contribution in [2.75, 3.05) is 7.11 Å². The van der Waals surface area contributed by atoms with Crippen LogP contribution in [0.4, 0.5) is 23.2 Å². The number of hydrogen-bond donors (Lipinski definition) is 0. The SMILES string of the molecule is COc1c(OC(F)(F)F)ncc([N+](=O)[O-])c1CF. The molecule has 0 bridgehead atoms. The van der Waals surface area contributed by atoms with Gasteiger partial charge in [-0.1, -0.05) is 0 Å². The van der Waals surface area contributed by atoms with Gasteiger partial charge in [0.05, 0.1) is 12.0 Å². The summed E-state index contributed by atoms with van der Waals surface area (Å²) in [4.78, 5) is 12.6. The number of pyridine rings is 1. The third kappa shape index (κ3) is 2.96. The number of aromatic nitrogens is 1. The van der Waals surface area contributed by atoms with E-state index in [-0.39, 0.29) is 0 Å². The zero-order chi connectivity index (χ0) is 13.9. The van der Waals surface area contributed by atoms with Gasteiger partial charge >= 0.3 is 6.36 Å². The quantitative estimate of drug-likeness (QED) is 0.477. The highest BCUT2D eigenvalue weighted by molar-refractivity contribution is 5.52. The lowest BCUT2D eigenvalue weighted by molar-refractivity contribution is -0.386. The fourth-order valence-electron chi connectivity index (χ4n) is 1.18. The highest BCUT2D eigenvalue weighted by atomic mass is 19.4. The molecule has 0 radical (unpaired) electrons. The lowest BCUT2D eigenvalue weighted by Gasteiger charge is -2.13. The summed E-state index contributed by atoms with van der Waals surface area (Å²) in [6.07, 6.45) is -4.59. The van der Waals surface area contributed by atoms with Crippen LogP contribution in [0.1, 0.15) is 5.56 Å². The molecule has 0 atom stereocenters. The lowest BCUT2D eigenvalue weighted by Crippen LogP contribution is -2.19. The molecule has 1 rings (SSSR count). The molecule has 0 aliphatic heterocycles. The Hall–Kier alpha value is -2.13. The molecule has 1 aromatic rings. The van der Waals surface area contributed by atoms with E-state index in [2.05, 4.69) is 14.5 Å². The fourth-order valence-corrected chi connectivity index (χ4v) is 1.18. The first-order valence-corrected chi connectivity index (χ1v) is 4.32. The number of nitrogens with zero attached hydrogens (tertiary/aromatic N) is 2. The molecule has 0 aliphatic carbocycles. The largest absolute Gasteiger partial charge is 0.574 e. The van der Waals surface area contributed by atoms with Gasteiger partial charge in [-0.05, 0) is 0 Å². The zero-order valence-electron chi connectivity index (χ0n) is 8.82. The molecular formula is C8H6F4N2O4. The highest BCUT2D eigenvalue weighted by Gasteiger charge is 2.35. The lowest BCUT2D eigenvalue weighted by atomic mass is 10.2. The maximum Gasteiger partial charge on any atom is 0.574 e. The summed E-state index contributed by atoms with van der Waals surface area (Å²) in [5.41, 5.74) is -1.46. The minimum absolute atomic E-state index is 0.471. The number of nitro groups is 1. The van der Waals surface area contributed by atoms with E-state index in [1.54, 1.807) is 0 Å². The van der Waals surface area contributed by atoms with Crippen molar-refractivity contribution >= 4 is 5.69 Å². The second-order valence-corrected chi connectivity index (χ2v) is 2.90. The van der Waals surface area contributed by atoms with Crippen LogP contribution in [0.25, 0.3) is 0 Å². The van der Waals surface area contributed by atoms with Crippen LogP contribution in [-0.4, -0.2) is 23.4 Å². The summed E-state index contributed by atoms with van der Waals surface area (Å²) in [5.74, 6) is -1.84. The van der Waals surface area contributed by atoms with Crippen molar-refractivity contribution in [2.24, 2.45) is 0 Å². The molecule has 0 unspecified atom stereocenters. The van der Waals surface area contributed by atoms with Crippen molar-refractivity contribution in [2.45, 2.75) is 13.0 Å². The van der Waals surface area contributed by atoms with Crippen LogP contribution in [0.3, 0.4) is 0 Å². The van der Waals surface area contributed by atoms with Crippen molar-refractivity contribution in [3.05, 3.63) is 21.9 Å². The molecule has 0 aliphatic rings. The van der Waals surface area contributed by atoms with Crippen LogP contribution in [0.5, 0.6) is 11.6 Å². The molecule has 0 amide bonds. The van der Waals surface area contributed by atoms with Crippen LogP contribution in [0.15, 0.2) is 6.20 Å². The van der Waals surface area contributed by atoms with E-state index in [4.69, 9.17) is 0 Å². The van der Waals surface area contributed by atoms with E-state index < -0.39 is 40.8 Å². The zero-order valence-corrected chi connectivity index (χ0v) is 8.82. The maximum absolute atomic E-state index is 12.7. The fraction of sp³-hybridized carbons (Fsp3) is 0.375. The summed E-state index contributed by atoms with van der Waals surface area (Å²) >= 11 is 0. The summed E-state index contributed by atoms with van der Waals surface area (Å²) in [6.45, 7) is -1.39. The Bertz CT molecular complexity index is 463. The summed E-state index contributed by atoms with van der Waals surface area (Å²) in [7, 11) is 0.920. The van der Waals surface area contributed by atoms with Crippen molar-refractivity contribution in [1.29, 1.82) is 0 Å². The molecule has 0 saturated carbocycles. The molecular weight excluding hydrogens is 264 g/mol. The van der Waals surface area contributed by atoms with Gasteiger partial charge in [0.25, 0.3) is 11.6 Å². The average Bonchev–Trinajstić information content (AvgIpc) is 2.25. The molecule has 0 aromatic carbocycles. The first kappa shape index (κ1) is 13.9. The topological polar surface area (TPSA) is 74.5 Å². The average molecular weight is 270 g/mol. The van der Waals surface area contributed by atoms with Crippen LogP contribution >= 0.6 is 0 Å². The van der Waals surface area contributed by atoms with Crippen molar-refractivity contribution in [1.82, 2.24) is 4.98 Å². The van der Waals surface area contributed by atoms with Gasteiger partial charge < -0.3 is 9.47 Å². The molecule has 0 fully saturated rings. The van der Waals surface area contributed by atoms with Gasteiger partial charge in [0.15, 0.2) is 5.75 Å². The van der Waals surface area contributed by atoms with Gasteiger partial charge in [0.2, 0.25) is 0 Å². The molecule has 0 N–H and O–H groups in total. The first-order valence-electron chi connectivity index (χ1n) is 4.32. The van der Waals surface area contributed by atoms with E-state index in [0.717, 1.165) is 7.11 Å². The van der Waals surface area contributed by atoms with Crippen LogP contribution in [0.2, 0.25) is 0 Å². The Morgan fingerprint density at radius 1 is 1.50 bits per heavy atom. The normalized spacial score (nSPS) is 11.2. The first-order chi connectivity index (χ1) is 8.30. The van der Waals surface area contributed by atoms with Crippen LogP contribution in [0, 0.1) is 10.1 Å². The van der Waals surface area contributed by atoms with Crippen molar-refractivity contribution in [3.8, 4) is 11.6 Å². The number of rotatable bonds is 4. The van der Waals surface area contributed by atoms with E-state index in [1.807, 2.05) is 0 Å². The number of alkyl halides is 4. The predicted octanol–water partition coefficient (Wildman–Crippen LogP) is 2.37. The second kappa shape index (κ2) is 5.02. The second-order valence-electron chi connectivity index (χ2n) is 2.90. The summed E-state index contributed by atoms with van der Waals surface area (Å²) in [5, 5.41) is 10.5. The molecule has 6 nitrogen and oxygen atoms in total. The Morgan fingerprint density at radius 3 is 2.50 bits per heavy atom. The maximum atomic E-state index is 12.7. The summed E-state index contributed by atoms with van der Waals surface area (Å²) < 4.78 is 56.6. The molecule has 1 heterocycles. The van der Waals surface area contributed by atoms with Crippen molar-refractivity contribution in [3.63, 3.8) is 0 Å². The van der Waals surface area contributed by atoms with E-state index >= 15 is 0 Å². The molecule has 0 saturated heterocycles. The number of methoxy groups -OCH3 is 1. The highest BCUT2D eigenvalue weighted by Crippen LogP contribution is 2.37. The smallest absolute Gasteiger partial charge is 0.491 e. The number of halogens is 4. The predicted molar refractivity (Wildman–Crippen MR) is 48.9 cm³/mol. The number of ether oxygens (including phenoxy) is 2. The van der Waals surface area contributed by atoms with Gasteiger partial charge in [0, 0.05) is 0 Å². The van der Waals surface area contributed by atoms with Gasteiger partial charge in [-0.3, -0.25) is 10.1 Å². The van der Waals surface area contributed by atoms with Gasteiger partial charge in [-0.15, -0.1) is 13.2 Å². The standard InChI is InChI=1S/C8H6F4N2O4/c1-17-6-4(2-9)5(14(15)16)3-13-7(6)18-8(10,11)12/h3H,2H2,1H3. The monoisotopic (exact) mass is 270 g/mol. The van der Waals surface area contributed by atoms with E-state index in [9.17, 15) is 27.7 Å². The van der Waals surface area contributed by atoms with Gasteiger partial charge in [-0.25, -0.2) is 9.37 Å². The minimum atomic E-state index is -5.07. The molecule has 18 heavy (non-hydrogen) atoms. The van der Waals surface area contributed by atoms with Crippen molar-refractivity contribution < 1.29 is 32.0 Å². The van der Waals surface area contributed by atoms with Gasteiger partial charge in [0.1, 0.15) is 18.4 Å². The Morgan fingerprint density at radius 2 is 2.11 bits per heavy atom. The van der Waals surface area contributed by atoms with E-state index in [1.165, 1.54) is 0 Å². The minimum Gasteiger partial charge on any atom is -0.491 e. The molecule has 0 spiro atoms. The Labute approximate surface area is 97.3 Å². The van der Waals surface area contributed by atoms with Crippen LogP contribution < -0.4 is 9.47 Å². The molecule has 10 heteroatoms. The molecule has 1 aromatic heterocycles. The van der Waals surface area contributed by atoms with Gasteiger partial charge in [-0.2, -0.15) is 0 Å². The Kier molecular flexibility index (Phi) is 3.89. The number of hydrogen-bond acceptors (Lipinski definition) is 5. The van der Waals surface area contributed by atoms with E-state index in [0.29, 0.717) is 6.20 Å². The third-order valence-corrected chi connectivity index (χ3v) is 1.83. The Balaban J connectivity index is 3.34. The van der Waals surface area contributed by atoms with Crippen LogP contribution in [-0.2, 0) is 6.67 Å².